The lowest BCUT2D eigenvalue weighted by Crippen LogP contribution is -2.15. The lowest BCUT2D eigenvalue weighted by Gasteiger charge is -2.19. The molecule has 2 aromatic carbocycles. The fourth-order valence-electron chi connectivity index (χ4n) is 2.26. The van der Waals surface area contributed by atoms with Gasteiger partial charge in [0.25, 0.3) is 0 Å². The van der Waals surface area contributed by atoms with Crippen molar-refractivity contribution >= 4 is 23.3 Å². The van der Waals surface area contributed by atoms with Gasteiger partial charge in [-0.2, -0.15) is 0 Å². The van der Waals surface area contributed by atoms with Gasteiger partial charge in [0.05, 0.1) is 0 Å². The maximum Gasteiger partial charge on any atom is 0.163 e. The molecule has 0 atom stereocenters. The maximum atomic E-state index is 5.61. The number of fused-ring (bicyclic) bond motifs is 1. The molecule has 0 spiro atoms. The largest absolute Gasteiger partial charge is 0.486 e. The summed E-state index contributed by atoms with van der Waals surface area (Å²) < 4.78 is 14.7. The Morgan fingerprint density at radius 3 is 2.29 bits per heavy atom. The molecule has 0 unspecified atom stereocenters. The van der Waals surface area contributed by atoms with Gasteiger partial charge in [-0.25, -0.2) is 0 Å². The second kappa shape index (κ2) is 7.26. The fraction of sp³-hybridized carbons (Fsp3) is 0.368. The van der Waals surface area contributed by atoms with E-state index in [1.54, 1.807) is 11.9 Å². The minimum Gasteiger partial charge on any atom is -0.486 e. The fourth-order valence-corrected chi connectivity index (χ4v) is 2.82. The van der Waals surface area contributed by atoms with Crippen LogP contribution in [0.1, 0.15) is 26.3 Å². The van der Waals surface area contributed by atoms with E-state index in [1.165, 1.54) is 5.56 Å². The third-order valence-corrected chi connectivity index (χ3v) is 4.42. The first kappa shape index (κ1) is 16.8. The summed E-state index contributed by atoms with van der Waals surface area (Å²) in [5, 5.41) is 3.43. The zero-order valence-electron chi connectivity index (χ0n) is 14.4. The molecule has 24 heavy (non-hydrogen) atoms. The zero-order chi connectivity index (χ0) is 17.0. The summed E-state index contributed by atoms with van der Waals surface area (Å²) in [7, 11) is 0. The highest BCUT2D eigenvalue weighted by Crippen LogP contribution is 2.32. The van der Waals surface area contributed by atoms with Gasteiger partial charge in [0.15, 0.2) is 11.5 Å². The predicted octanol–water partition coefficient (Wildman–Crippen LogP) is 4.93. The van der Waals surface area contributed by atoms with Crippen LogP contribution in [0.15, 0.2) is 42.5 Å². The number of benzene rings is 2. The van der Waals surface area contributed by atoms with E-state index in [2.05, 4.69) is 55.1 Å². The molecule has 1 aliphatic rings. The minimum atomic E-state index is 0.193. The predicted molar refractivity (Wildman–Crippen MR) is 102 cm³/mol. The van der Waals surface area contributed by atoms with E-state index in [1.807, 2.05) is 18.2 Å². The average Bonchev–Trinajstić information content (AvgIpc) is 2.58. The van der Waals surface area contributed by atoms with Crippen molar-refractivity contribution in [3.05, 3.63) is 48.0 Å². The molecule has 2 N–H and O–H groups in total. The van der Waals surface area contributed by atoms with E-state index >= 15 is 0 Å². The van der Waals surface area contributed by atoms with Gasteiger partial charge in [0, 0.05) is 28.7 Å². The second-order valence-electron chi connectivity index (χ2n) is 6.73. The quantitative estimate of drug-likeness (QED) is 0.753. The maximum absolute atomic E-state index is 5.61. The molecule has 0 fully saturated rings. The Kier molecular flexibility index (Phi) is 5.09. The molecule has 1 aliphatic heterocycles. The molecule has 0 saturated heterocycles. The topological polar surface area (TPSA) is 42.5 Å². The number of rotatable bonds is 5. The first-order valence-electron chi connectivity index (χ1n) is 8.16. The molecule has 0 radical (unpaired) electrons. The molecule has 2 aromatic rings. The van der Waals surface area contributed by atoms with Crippen molar-refractivity contribution in [2.24, 2.45) is 0 Å². The molecule has 0 aliphatic carbocycles. The van der Waals surface area contributed by atoms with Gasteiger partial charge >= 0.3 is 0 Å². The van der Waals surface area contributed by atoms with Crippen molar-refractivity contribution in [1.29, 1.82) is 0 Å². The normalized spacial score (nSPS) is 13.5. The molecule has 0 bridgehead atoms. The number of nitrogens with one attached hydrogen (secondary N) is 2. The van der Waals surface area contributed by atoms with Crippen LogP contribution in [0.25, 0.3) is 0 Å². The highest BCUT2D eigenvalue weighted by molar-refractivity contribution is 8.01. The van der Waals surface area contributed by atoms with Crippen LogP contribution in [-0.2, 0) is 6.54 Å². The summed E-state index contributed by atoms with van der Waals surface area (Å²) in [4.78, 5) is 0. The van der Waals surface area contributed by atoms with Crippen LogP contribution < -0.4 is 19.5 Å². The number of ether oxygens (including phenoxy) is 2. The first-order valence-corrected chi connectivity index (χ1v) is 8.98. The van der Waals surface area contributed by atoms with Crippen LogP contribution in [0.4, 0.5) is 11.4 Å². The van der Waals surface area contributed by atoms with E-state index < -0.39 is 0 Å². The molecule has 0 aromatic heterocycles. The van der Waals surface area contributed by atoms with E-state index in [4.69, 9.17) is 9.47 Å². The van der Waals surface area contributed by atoms with Crippen molar-refractivity contribution in [2.75, 3.05) is 23.3 Å². The van der Waals surface area contributed by atoms with Gasteiger partial charge in [0.2, 0.25) is 0 Å². The van der Waals surface area contributed by atoms with Crippen LogP contribution in [-0.4, -0.2) is 18.0 Å². The van der Waals surface area contributed by atoms with Crippen molar-refractivity contribution in [1.82, 2.24) is 0 Å². The smallest absolute Gasteiger partial charge is 0.163 e. The number of hydrogen-bond acceptors (Lipinski definition) is 5. The Balaban J connectivity index is 1.55. The molecule has 1 heterocycles. The third kappa shape index (κ3) is 4.74. The summed E-state index contributed by atoms with van der Waals surface area (Å²) in [5.74, 6) is 1.63. The lowest BCUT2D eigenvalue weighted by atomic mass is 10.2. The van der Waals surface area contributed by atoms with Gasteiger partial charge in [-0.05, 0) is 62.5 Å². The first-order chi connectivity index (χ1) is 11.5. The number of anilines is 2. The molecular formula is C19H24N2O2S. The van der Waals surface area contributed by atoms with Gasteiger partial charge in [-0.3, -0.25) is 0 Å². The molecule has 0 amide bonds. The Morgan fingerprint density at radius 2 is 1.58 bits per heavy atom. The Morgan fingerprint density at radius 1 is 0.917 bits per heavy atom. The van der Waals surface area contributed by atoms with Crippen LogP contribution in [0.5, 0.6) is 11.5 Å². The van der Waals surface area contributed by atoms with Gasteiger partial charge in [-0.1, -0.05) is 12.1 Å². The lowest BCUT2D eigenvalue weighted by molar-refractivity contribution is 0.171. The van der Waals surface area contributed by atoms with Crippen molar-refractivity contribution in [3.63, 3.8) is 0 Å². The molecule has 5 heteroatoms. The monoisotopic (exact) mass is 344 g/mol. The molecule has 0 saturated carbocycles. The van der Waals surface area contributed by atoms with E-state index in [9.17, 15) is 0 Å². The van der Waals surface area contributed by atoms with Crippen LogP contribution in [0, 0.1) is 0 Å². The highest BCUT2D eigenvalue weighted by atomic mass is 32.2. The minimum absolute atomic E-state index is 0.193. The highest BCUT2D eigenvalue weighted by Gasteiger charge is 2.12. The Labute approximate surface area is 148 Å². The van der Waals surface area contributed by atoms with Crippen LogP contribution in [0.2, 0.25) is 0 Å². The van der Waals surface area contributed by atoms with Crippen LogP contribution >= 0.6 is 11.9 Å². The molecule has 128 valence electrons. The van der Waals surface area contributed by atoms with Gasteiger partial charge in [0.1, 0.15) is 13.2 Å². The Bertz CT molecular complexity index is 681. The summed E-state index contributed by atoms with van der Waals surface area (Å²) in [6.45, 7) is 8.57. The SMILES string of the molecule is CC(C)(C)SNc1ccc(CNc2ccc3c(c2)OCCO3)cc1. The second-order valence-corrected chi connectivity index (χ2v) is 8.36. The molecular weight excluding hydrogens is 320 g/mol. The number of hydrogen-bond donors (Lipinski definition) is 2. The summed E-state index contributed by atoms with van der Waals surface area (Å²) >= 11 is 1.72. The Hall–Kier alpha value is -2.01. The van der Waals surface area contributed by atoms with Gasteiger partial charge < -0.3 is 19.5 Å². The molecule has 4 nitrogen and oxygen atoms in total. The zero-order valence-corrected chi connectivity index (χ0v) is 15.2. The van der Waals surface area contributed by atoms with Crippen molar-refractivity contribution in [2.45, 2.75) is 32.1 Å². The van der Waals surface area contributed by atoms with Gasteiger partial charge in [-0.15, -0.1) is 0 Å². The summed E-state index contributed by atoms with van der Waals surface area (Å²) in [6.07, 6.45) is 0. The summed E-state index contributed by atoms with van der Waals surface area (Å²) in [5.41, 5.74) is 3.39. The van der Waals surface area contributed by atoms with E-state index in [0.717, 1.165) is 29.4 Å². The third-order valence-electron chi connectivity index (χ3n) is 3.47. The average molecular weight is 344 g/mol. The van der Waals surface area contributed by atoms with E-state index in [0.29, 0.717) is 13.2 Å². The van der Waals surface area contributed by atoms with Crippen molar-refractivity contribution < 1.29 is 9.47 Å². The summed E-state index contributed by atoms with van der Waals surface area (Å²) in [6, 6.07) is 14.5. The standard InChI is InChI=1S/C19H24N2O2S/c1-19(2,3)24-21-15-6-4-14(5-7-15)13-20-16-8-9-17-18(12-16)23-11-10-22-17/h4-9,12,20-21H,10-11,13H2,1-3H3. The van der Waals surface area contributed by atoms with Crippen molar-refractivity contribution in [3.8, 4) is 11.5 Å². The molecule has 3 rings (SSSR count). The van der Waals surface area contributed by atoms with E-state index in [-0.39, 0.29) is 4.75 Å². The van der Waals surface area contributed by atoms with Crippen LogP contribution in [0.3, 0.4) is 0 Å².